The molecule has 19 heavy (non-hydrogen) atoms. The lowest BCUT2D eigenvalue weighted by Gasteiger charge is -2.09. The molecule has 1 aromatic carbocycles. The molecule has 0 aliphatic rings. The molecule has 0 radical (unpaired) electrons. The molecule has 0 saturated carbocycles. The number of nitrogens with zero attached hydrogens (tertiary/aromatic N) is 1. The van der Waals surface area contributed by atoms with Gasteiger partial charge in [-0.2, -0.15) is 0 Å². The normalized spacial score (nSPS) is 11.5. The van der Waals surface area contributed by atoms with Gasteiger partial charge in [0.05, 0.1) is 12.0 Å². The first kappa shape index (κ1) is 14.9. The summed E-state index contributed by atoms with van der Waals surface area (Å²) in [6.45, 7) is 1.27. The van der Waals surface area contributed by atoms with Crippen LogP contribution in [0.3, 0.4) is 0 Å². The van der Waals surface area contributed by atoms with E-state index in [0.29, 0.717) is 0 Å². The predicted octanol–water partition coefficient (Wildman–Crippen LogP) is 1.96. The van der Waals surface area contributed by atoms with Crippen molar-refractivity contribution < 1.29 is 24.0 Å². The van der Waals surface area contributed by atoms with Crippen LogP contribution in [-0.4, -0.2) is 24.0 Å². The maximum absolute atomic E-state index is 11.6. The highest BCUT2D eigenvalue weighted by Gasteiger charge is 2.28. The highest BCUT2D eigenvalue weighted by molar-refractivity contribution is 6.33. The number of nitro benzene ring substituents is 1. The summed E-state index contributed by atoms with van der Waals surface area (Å²) in [6, 6.07) is 3.90. The van der Waals surface area contributed by atoms with E-state index in [2.05, 4.69) is 4.74 Å². The van der Waals surface area contributed by atoms with Crippen LogP contribution >= 0.6 is 11.6 Å². The second-order valence-corrected chi connectivity index (χ2v) is 3.92. The van der Waals surface area contributed by atoms with Gasteiger partial charge in [0.2, 0.25) is 5.75 Å². The fourth-order valence-corrected chi connectivity index (χ4v) is 1.46. The molecule has 8 heteroatoms. The standard InChI is InChI=1S/C11H10ClNO6/c1-6(10(14)18-2)11(15)19-8-5-3-4-7(12)9(8)13(16)17/h3-6H,1-2H3. The molecule has 0 aliphatic heterocycles. The molecular weight excluding hydrogens is 278 g/mol. The Balaban J connectivity index is 3.01. The second kappa shape index (κ2) is 6.14. The fraction of sp³-hybridized carbons (Fsp3) is 0.273. The molecule has 1 rings (SSSR count). The van der Waals surface area contributed by atoms with Gasteiger partial charge in [-0.3, -0.25) is 19.7 Å². The third kappa shape index (κ3) is 3.41. The second-order valence-electron chi connectivity index (χ2n) is 3.51. The van der Waals surface area contributed by atoms with Gasteiger partial charge in [-0.05, 0) is 19.1 Å². The molecule has 1 unspecified atom stereocenters. The third-order valence-electron chi connectivity index (χ3n) is 2.25. The van der Waals surface area contributed by atoms with Crippen LogP contribution < -0.4 is 4.74 Å². The molecule has 0 amide bonds. The zero-order chi connectivity index (χ0) is 14.6. The Labute approximate surface area is 113 Å². The Morgan fingerprint density at radius 2 is 2.00 bits per heavy atom. The summed E-state index contributed by atoms with van der Waals surface area (Å²) in [6.07, 6.45) is 0. The molecule has 0 heterocycles. The van der Waals surface area contributed by atoms with E-state index in [-0.39, 0.29) is 10.8 Å². The van der Waals surface area contributed by atoms with Gasteiger partial charge in [-0.15, -0.1) is 0 Å². The minimum Gasteiger partial charge on any atom is -0.468 e. The van der Waals surface area contributed by atoms with E-state index in [1.54, 1.807) is 0 Å². The van der Waals surface area contributed by atoms with Crippen molar-refractivity contribution in [2.24, 2.45) is 5.92 Å². The lowest BCUT2D eigenvalue weighted by atomic mass is 10.2. The Kier molecular flexibility index (Phi) is 4.82. The average Bonchev–Trinajstić information content (AvgIpc) is 2.36. The number of methoxy groups -OCH3 is 1. The first-order valence-corrected chi connectivity index (χ1v) is 5.48. The lowest BCUT2D eigenvalue weighted by molar-refractivity contribution is -0.385. The topological polar surface area (TPSA) is 95.7 Å². The van der Waals surface area contributed by atoms with E-state index in [0.717, 1.165) is 7.11 Å². The molecule has 0 saturated heterocycles. The van der Waals surface area contributed by atoms with Gasteiger partial charge in [-0.1, -0.05) is 17.7 Å². The van der Waals surface area contributed by atoms with Gasteiger partial charge in [0.15, 0.2) is 5.92 Å². The summed E-state index contributed by atoms with van der Waals surface area (Å²) in [5.41, 5.74) is -0.533. The molecule has 1 atom stereocenters. The van der Waals surface area contributed by atoms with E-state index in [1.165, 1.54) is 25.1 Å². The summed E-state index contributed by atoms with van der Waals surface area (Å²) in [5.74, 6) is -3.27. The molecule has 0 bridgehead atoms. The minimum atomic E-state index is -1.19. The molecule has 0 N–H and O–H groups in total. The van der Waals surface area contributed by atoms with Gasteiger partial charge < -0.3 is 9.47 Å². The van der Waals surface area contributed by atoms with Gasteiger partial charge in [0, 0.05) is 0 Å². The van der Waals surface area contributed by atoms with Crippen LogP contribution in [0, 0.1) is 16.0 Å². The summed E-state index contributed by atoms with van der Waals surface area (Å²) in [4.78, 5) is 32.8. The van der Waals surface area contributed by atoms with Crippen LogP contribution in [0.1, 0.15) is 6.92 Å². The van der Waals surface area contributed by atoms with Gasteiger partial charge in [0.1, 0.15) is 5.02 Å². The lowest BCUT2D eigenvalue weighted by Crippen LogP contribution is -2.26. The van der Waals surface area contributed by atoms with Crippen molar-refractivity contribution in [1.82, 2.24) is 0 Å². The van der Waals surface area contributed by atoms with Crippen molar-refractivity contribution in [3.63, 3.8) is 0 Å². The first-order valence-electron chi connectivity index (χ1n) is 5.11. The molecule has 0 spiro atoms. The maximum atomic E-state index is 11.6. The molecule has 0 aromatic heterocycles. The molecule has 1 aromatic rings. The van der Waals surface area contributed by atoms with Gasteiger partial charge in [0.25, 0.3) is 0 Å². The Morgan fingerprint density at radius 3 is 2.53 bits per heavy atom. The Hall–Kier alpha value is -2.15. The number of carbonyl (C=O) groups is 2. The van der Waals surface area contributed by atoms with Crippen LogP contribution in [0.15, 0.2) is 18.2 Å². The van der Waals surface area contributed by atoms with Crippen molar-refractivity contribution in [1.29, 1.82) is 0 Å². The molecule has 7 nitrogen and oxygen atoms in total. The highest BCUT2D eigenvalue weighted by Crippen LogP contribution is 2.34. The minimum absolute atomic E-state index is 0.166. The van der Waals surface area contributed by atoms with Gasteiger partial charge in [-0.25, -0.2) is 0 Å². The number of hydrogen-bond acceptors (Lipinski definition) is 6. The van der Waals surface area contributed by atoms with Crippen LogP contribution in [0.2, 0.25) is 5.02 Å². The largest absolute Gasteiger partial charge is 0.468 e. The van der Waals surface area contributed by atoms with Crippen molar-refractivity contribution in [3.8, 4) is 5.75 Å². The number of ether oxygens (including phenoxy) is 2. The van der Waals surface area contributed by atoms with Crippen LogP contribution in [0.4, 0.5) is 5.69 Å². The van der Waals surface area contributed by atoms with E-state index in [9.17, 15) is 19.7 Å². The third-order valence-corrected chi connectivity index (χ3v) is 2.56. The summed E-state index contributed by atoms with van der Waals surface area (Å²) in [5, 5.41) is 10.7. The summed E-state index contributed by atoms with van der Waals surface area (Å²) in [7, 11) is 1.12. The number of carbonyl (C=O) groups excluding carboxylic acids is 2. The molecule has 0 fully saturated rings. The number of benzene rings is 1. The van der Waals surface area contributed by atoms with Crippen LogP contribution in [-0.2, 0) is 14.3 Å². The van der Waals surface area contributed by atoms with Crippen molar-refractivity contribution in [3.05, 3.63) is 33.3 Å². The summed E-state index contributed by atoms with van der Waals surface area (Å²) >= 11 is 5.65. The predicted molar refractivity (Wildman–Crippen MR) is 64.9 cm³/mol. The zero-order valence-corrected chi connectivity index (χ0v) is 10.8. The molecular formula is C11H10ClNO6. The van der Waals surface area contributed by atoms with E-state index in [1.807, 2.05) is 0 Å². The van der Waals surface area contributed by atoms with Crippen LogP contribution in [0.5, 0.6) is 5.75 Å². The average molecular weight is 288 g/mol. The summed E-state index contributed by atoms with van der Waals surface area (Å²) < 4.78 is 9.18. The Morgan fingerprint density at radius 1 is 1.37 bits per heavy atom. The van der Waals surface area contributed by atoms with E-state index in [4.69, 9.17) is 16.3 Å². The van der Waals surface area contributed by atoms with Crippen molar-refractivity contribution >= 4 is 29.2 Å². The maximum Gasteiger partial charge on any atom is 0.330 e. The number of nitro groups is 1. The Bertz CT molecular complexity index is 530. The van der Waals surface area contributed by atoms with E-state index >= 15 is 0 Å². The SMILES string of the molecule is COC(=O)C(C)C(=O)Oc1cccc(Cl)c1[N+](=O)[O-]. The quantitative estimate of drug-likeness (QED) is 0.276. The number of esters is 2. The number of hydrogen-bond donors (Lipinski definition) is 0. The number of halogens is 1. The highest BCUT2D eigenvalue weighted by atomic mass is 35.5. The van der Waals surface area contributed by atoms with E-state index < -0.39 is 28.5 Å². The van der Waals surface area contributed by atoms with Crippen LogP contribution in [0.25, 0.3) is 0 Å². The first-order chi connectivity index (χ1) is 8.88. The van der Waals surface area contributed by atoms with Crippen molar-refractivity contribution in [2.75, 3.05) is 7.11 Å². The molecule has 0 aliphatic carbocycles. The number of para-hydroxylation sites is 1. The number of rotatable bonds is 4. The monoisotopic (exact) mass is 287 g/mol. The fourth-order valence-electron chi connectivity index (χ4n) is 1.22. The zero-order valence-electron chi connectivity index (χ0n) is 10.1. The van der Waals surface area contributed by atoms with Gasteiger partial charge >= 0.3 is 17.6 Å². The molecule has 102 valence electrons. The van der Waals surface area contributed by atoms with Crippen molar-refractivity contribution in [2.45, 2.75) is 6.92 Å². The smallest absolute Gasteiger partial charge is 0.330 e.